The van der Waals surface area contributed by atoms with Crippen molar-refractivity contribution in [3.8, 4) is 0 Å². The maximum absolute atomic E-state index is 5.43. The lowest BCUT2D eigenvalue weighted by Crippen LogP contribution is -2.46. The SMILES string of the molecule is CSc1nc(C)c(C)c(N2CCN(Cc3noc4ccccc34)CC2)n1. The highest BCUT2D eigenvalue weighted by molar-refractivity contribution is 7.98. The van der Waals surface area contributed by atoms with Gasteiger partial charge in [0.05, 0.1) is 0 Å². The molecule has 1 aromatic carbocycles. The first kappa shape index (κ1) is 17.3. The zero-order valence-corrected chi connectivity index (χ0v) is 16.2. The van der Waals surface area contributed by atoms with Crippen LogP contribution in [0.1, 0.15) is 17.0 Å². The highest BCUT2D eigenvalue weighted by Crippen LogP contribution is 2.25. The predicted octanol–water partition coefficient (Wildman–Crippen LogP) is 3.28. The summed E-state index contributed by atoms with van der Waals surface area (Å²) in [5, 5.41) is 6.22. The molecule has 0 atom stereocenters. The number of rotatable bonds is 4. The summed E-state index contributed by atoms with van der Waals surface area (Å²) >= 11 is 1.60. The van der Waals surface area contributed by atoms with Gasteiger partial charge in [0.2, 0.25) is 0 Å². The van der Waals surface area contributed by atoms with E-state index in [1.165, 1.54) is 5.56 Å². The molecule has 6 nitrogen and oxygen atoms in total. The van der Waals surface area contributed by atoms with Gasteiger partial charge in [-0.1, -0.05) is 29.1 Å². The quantitative estimate of drug-likeness (QED) is 0.517. The van der Waals surface area contributed by atoms with Crippen LogP contribution in [0.2, 0.25) is 0 Å². The molecule has 0 amide bonds. The third-order valence-corrected chi connectivity index (χ3v) is 5.57. The fraction of sp³-hybridized carbons (Fsp3) is 0.421. The van der Waals surface area contributed by atoms with Crippen LogP contribution in [0.4, 0.5) is 5.82 Å². The van der Waals surface area contributed by atoms with Crippen LogP contribution in [0.3, 0.4) is 0 Å². The van der Waals surface area contributed by atoms with Gasteiger partial charge in [-0.3, -0.25) is 4.90 Å². The molecule has 1 saturated heterocycles. The van der Waals surface area contributed by atoms with Gasteiger partial charge in [0, 0.05) is 49.4 Å². The Bertz CT molecular complexity index is 917. The molecule has 0 unspecified atom stereocenters. The van der Waals surface area contributed by atoms with Crippen molar-refractivity contribution in [2.45, 2.75) is 25.5 Å². The van der Waals surface area contributed by atoms with Crippen LogP contribution in [0.5, 0.6) is 0 Å². The predicted molar refractivity (Wildman–Crippen MR) is 105 cm³/mol. The van der Waals surface area contributed by atoms with Gasteiger partial charge in [0.15, 0.2) is 10.7 Å². The number of aromatic nitrogens is 3. The van der Waals surface area contributed by atoms with Gasteiger partial charge in [-0.25, -0.2) is 9.97 Å². The molecule has 0 aliphatic carbocycles. The lowest BCUT2D eigenvalue weighted by atomic mass is 10.2. The molecule has 1 fully saturated rings. The molecular formula is C19H23N5OS. The maximum Gasteiger partial charge on any atom is 0.189 e. The average Bonchev–Trinajstić information content (AvgIpc) is 3.08. The normalized spacial score (nSPS) is 15.7. The second-order valence-corrected chi connectivity index (χ2v) is 7.41. The van der Waals surface area contributed by atoms with Gasteiger partial charge >= 0.3 is 0 Å². The number of hydrogen-bond acceptors (Lipinski definition) is 7. The van der Waals surface area contributed by atoms with Crippen LogP contribution in [-0.2, 0) is 6.54 Å². The van der Waals surface area contributed by atoms with Crippen molar-refractivity contribution in [3.05, 3.63) is 41.2 Å². The minimum absolute atomic E-state index is 0.822. The van der Waals surface area contributed by atoms with E-state index in [9.17, 15) is 0 Å². The van der Waals surface area contributed by atoms with Crippen molar-refractivity contribution in [2.24, 2.45) is 0 Å². The van der Waals surface area contributed by atoms with Crippen molar-refractivity contribution < 1.29 is 4.52 Å². The minimum Gasteiger partial charge on any atom is -0.356 e. The van der Waals surface area contributed by atoms with Crippen molar-refractivity contribution >= 4 is 28.5 Å². The van der Waals surface area contributed by atoms with Crippen molar-refractivity contribution in [1.82, 2.24) is 20.0 Å². The number of anilines is 1. The zero-order chi connectivity index (χ0) is 18.1. The van der Waals surface area contributed by atoms with Crippen LogP contribution < -0.4 is 4.90 Å². The van der Waals surface area contributed by atoms with E-state index in [4.69, 9.17) is 9.51 Å². The second-order valence-electron chi connectivity index (χ2n) is 6.63. The monoisotopic (exact) mass is 369 g/mol. The number of benzene rings is 1. The Kier molecular flexibility index (Phi) is 4.82. The van der Waals surface area contributed by atoms with E-state index in [1.807, 2.05) is 24.5 Å². The van der Waals surface area contributed by atoms with E-state index in [0.717, 1.165) is 66.1 Å². The average molecular weight is 369 g/mol. The second kappa shape index (κ2) is 7.25. The molecule has 26 heavy (non-hydrogen) atoms. The first-order chi connectivity index (χ1) is 12.7. The largest absolute Gasteiger partial charge is 0.356 e. The van der Waals surface area contributed by atoms with E-state index < -0.39 is 0 Å². The first-order valence-corrected chi connectivity index (χ1v) is 10.1. The Balaban J connectivity index is 1.45. The molecule has 4 rings (SSSR count). The molecule has 136 valence electrons. The molecule has 0 radical (unpaired) electrons. The summed E-state index contributed by atoms with van der Waals surface area (Å²) in [5.41, 5.74) is 4.13. The summed E-state index contributed by atoms with van der Waals surface area (Å²) in [7, 11) is 0. The molecular weight excluding hydrogens is 346 g/mol. The molecule has 7 heteroatoms. The van der Waals surface area contributed by atoms with Crippen LogP contribution >= 0.6 is 11.8 Å². The Labute approximate surface area is 157 Å². The maximum atomic E-state index is 5.43. The molecule has 3 aromatic rings. The molecule has 1 aliphatic heterocycles. The summed E-state index contributed by atoms with van der Waals surface area (Å²) in [6, 6.07) is 8.05. The number of para-hydroxylation sites is 1. The van der Waals surface area contributed by atoms with Crippen molar-refractivity contribution in [2.75, 3.05) is 37.3 Å². The number of hydrogen-bond donors (Lipinski definition) is 0. The highest BCUT2D eigenvalue weighted by atomic mass is 32.2. The summed E-state index contributed by atoms with van der Waals surface area (Å²) in [4.78, 5) is 14.1. The number of thioether (sulfide) groups is 1. The fourth-order valence-electron chi connectivity index (χ4n) is 3.37. The van der Waals surface area contributed by atoms with Gasteiger partial charge < -0.3 is 9.42 Å². The third-order valence-electron chi connectivity index (χ3n) is 5.02. The summed E-state index contributed by atoms with van der Waals surface area (Å²) in [6.07, 6.45) is 2.02. The van der Waals surface area contributed by atoms with Crippen LogP contribution in [0, 0.1) is 13.8 Å². The van der Waals surface area contributed by atoms with Crippen LogP contribution in [-0.4, -0.2) is 52.5 Å². The molecule has 0 N–H and O–H groups in total. The van der Waals surface area contributed by atoms with Gasteiger partial charge in [0.1, 0.15) is 11.5 Å². The zero-order valence-electron chi connectivity index (χ0n) is 15.4. The van der Waals surface area contributed by atoms with E-state index in [-0.39, 0.29) is 0 Å². The Morgan fingerprint density at radius 3 is 2.62 bits per heavy atom. The molecule has 0 spiro atoms. The van der Waals surface area contributed by atoms with E-state index in [0.29, 0.717) is 0 Å². The Morgan fingerprint density at radius 1 is 1.08 bits per heavy atom. The third kappa shape index (κ3) is 3.29. The molecule has 1 aliphatic rings. The first-order valence-electron chi connectivity index (χ1n) is 8.85. The van der Waals surface area contributed by atoms with E-state index >= 15 is 0 Å². The van der Waals surface area contributed by atoms with Crippen molar-refractivity contribution in [3.63, 3.8) is 0 Å². The van der Waals surface area contributed by atoms with E-state index in [1.54, 1.807) is 11.8 Å². The summed E-state index contributed by atoms with van der Waals surface area (Å²) in [6.45, 7) is 8.88. The number of fused-ring (bicyclic) bond motifs is 1. The van der Waals surface area contributed by atoms with E-state index in [2.05, 4.69) is 39.9 Å². The summed E-state index contributed by atoms with van der Waals surface area (Å²) in [5.74, 6) is 1.08. The number of piperazine rings is 1. The molecule has 0 bridgehead atoms. The van der Waals surface area contributed by atoms with Gasteiger partial charge in [-0.05, 0) is 32.2 Å². The van der Waals surface area contributed by atoms with Gasteiger partial charge in [-0.2, -0.15) is 0 Å². The van der Waals surface area contributed by atoms with Crippen molar-refractivity contribution in [1.29, 1.82) is 0 Å². The Morgan fingerprint density at radius 2 is 1.85 bits per heavy atom. The molecule has 2 aromatic heterocycles. The standard InChI is InChI=1S/C19H23N5OS/c1-13-14(2)20-19(26-3)21-18(13)24-10-8-23(9-11-24)12-16-15-6-4-5-7-17(15)25-22-16/h4-7H,8-12H2,1-3H3. The lowest BCUT2D eigenvalue weighted by Gasteiger charge is -2.35. The molecule has 0 saturated carbocycles. The van der Waals surface area contributed by atoms with Crippen LogP contribution in [0.25, 0.3) is 11.0 Å². The van der Waals surface area contributed by atoms with Gasteiger partial charge in [-0.15, -0.1) is 0 Å². The molecule has 3 heterocycles. The highest BCUT2D eigenvalue weighted by Gasteiger charge is 2.22. The summed E-state index contributed by atoms with van der Waals surface area (Å²) < 4.78 is 5.43. The van der Waals surface area contributed by atoms with Gasteiger partial charge in [0.25, 0.3) is 0 Å². The fourth-order valence-corrected chi connectivity index (χ4v) is 3.78. The van der Waals surface area contributed by atoms with Crippen LogP contribution in [0.15, 0.2) is 33.9 Å². The minimum atomic E-state index is 0.822. The Hall–Kier alpha value is -2.12. The lowest BCUT2D eigenvalue weighted by molar-refractivity contribution is 0.242. The number of nitrogens with zero attached hydrogens (tertiary/aromatic N) is 5. The topological polar surface area (TPSA) is 58.3 Å². The number of aryl methyl sites for hydroxylation is 1. The smallest absolute Gasteiger partial charge is 0.189 e.